The molecular formula is C72H54N4Si2. The van der Waals surface area contributed by atoms with Gasteiger partial charge < -0.3 is 0 Å². The highest BCUT2D eigenvalue weighted by Crippen LogP contribution is 2.62. The fourth-order valence-corrected chi connectivity index (χ4v) is 25.1. The van der Waals surface area contributed by atoms with Crippen molar-refractivity contribution in [3.05, 3.63) is 312 Å². The number of hydrogen-bond acceptors (Lipinski definition) is 4. The molecule has 370 valence electrons. The summed E-state index contributed by atoms with van der Waals surface area (Å²) in [5.41, 5.74) is 19.0. The molecule has 0 fully saturated rings. The van der Waals surface area contributed by atoms with Gasteiger partial charge in [0.2, 0.25) is 0 Å². The van der Waals surface area contributed by atoms with Crippen molar-refractivity contribution >= 4 is 103 Å². The quantitative estimate of drug-likeness (QED) is 0.121. The average molecular weight is 1030 g/mol. The van der Waals surface area contributed by atoms with Crippen LogP contribution in [0.5, 0.6) is 0 Å². The van der Waals surface area contributed by atoms with E-state index in [2.05, 4.69) is 231 Å². The van der Waals surface area contributed by atoms with Gasteiger partial charge in [-0.3, -0.25) is 19.9 Å². The Bertz CT molecular complexity index is 3890. The van der Waals surface area contributed by atoms with Crippen molar-refractivity contribution < 1.29 is 0 Å². The second kappa shape index (κ2) is 19.4. The van der Waals surface area contributed by atoms with Gasteiger partial charge in [0, 0.05) is 46.3 Å². The zero-order valence-electron chi connectivity index (χ0n) is 43.6. The Labute approximate surface area is 457 Å². The summed E-state index contributed by atoms with van der Waals surface area (Å²) in [4.78, 5) is 20.1. The summed E-state index contributed by atoms with van der Waals surface area (Å²) in [6, 6.07) is 91.8. The first kappa shape index (κ1) is 47.3. The second-order valence-electron chi connectivity index (χ2n) is 21.3. The molecule has 8 aromatic carbocycles. The molecule has 0 radical (unpaired) electrons. The number of allylic oxidation sites excluding steroid dienone is 4. The van der Waals surface area contributed by atoms with Gasteiger partial charge in [-0.25, -0.2) is 0 Å². The van der Waals surface area contributed by atoms with Gasteiger partial charge in [-0.05, 0) is 136 Å². The van der Waals surface area contributed by atoms with Crippen LogP contribution >= 0.6 is 0 Å². The fraction of sp³-hybridized carbons (Fsp3) is 0.0556. The third-order valence-electron chi connectivity index (χ3n) is 16.7. The summed E-state index contributed by atoms with van der Waals surface area (Å²) in [7, 11) is -5.98. The summed E-state index contributed by atoms with van der Waals surface area (Å²) < 4.78 is 0. The van der Waals surface area contributed by atoms with E-state index in [1.807, 2.05) is 49.1 Å². The Hall–Kier alpha value is -9.21. The lowest BCUT2D eigenvalue weighted by Gasteiger charge is -2.37. The maximum atomic E-state index is 5.03. The number of hydrogen-bond donors (Lipinski definition) is 0. The van der Waals surface area contributed by atoms with Gasteiger partial charge in [0.25, 0.3) is 0 Å². The van der Waals surface area contributed by atoms with E-state index in [-0.39, 0.29) is 0 Å². The molecule has 78 heavy (non-hydrogen) atoms. The molecule has 2 aliphatic heterocycles. The van der Waals surface area contributed by atoms with E-state index in [4.69, 9.17) is 19.9 Å². The monoisotopic (exact) mass is 1030 g/mol. The second-order valence-corrected chi connectivity index (χ2v) is 29.6. The minimum atomic E-state index is -2.99. The summed E-state index contributed by atoms with van der Waals surface area (Å²) in [5.74, 6) is 0. The molecule has 0 spiro atoms. The molecule has 6 heterocycles. The smallest absolute Gasteiger partial charge is 0.118 e. The van der Waals surface area contributed by atoms with Crippen LogP contribution in [0, 0.1) is 0 Å². The van der Waals surface area contributed by atoms with E-state index in [0.717, 1.165) is 55.7 Å². The van der Waals surface area contributed by atoms with Crippen molar-refractivity contribution in [1.82, 2.24) is 19.9 Å². The van der Waals surface area contributed by atoms with E-state index in [1.165, 1.54) is 87.6 Å². The molecule has 14 rings (SSSR count). The zero-order valence-corrected chi connectivity index (χ0v) is 45.6. The molecule has 6 heteroatoms. The maximum Gasteiger partial charge on any atom is 0.118 e. The third kappa shape index (κ3) is 8.03. The molecular weight excluding hydrogens is 977 g/mol. The molecule has 0 bridgehead atoms. The van der Waals surface area contributed by atoms with Gasteiger partial charge in [-0.1, -0.05) is 219 Å². The largest absolute Gasteiger partial charge is 0.256 e. The van der Waals surface area contributed by atoms with Crippen LogP contribution in [0.25, 0.3) is 86.7 Å². The molecule has 0 N–H and O–H groups in total. The normalized spacial score (nSPS) is 15.2. The predicted molar refractivity (Wildman–Crippen MR) is 333 cm³/mol. The lowest BCUT2D eigenvalue weighted by atomic mass is 9.89. The molecule has 4 nitrogen and oxygen atoms in total. The van der Waals surface area contributed by atoms with Gasteiger partial charge in [0.15, 0.2) is 0 Å². The van der Waals surface area contributed by atoms with Crippen molar-refractivity contribution in [3.8, 4) is 0 Å². The fourth-order valence-electron chi connectivity index (χ4n) is 13.2. The number of nitrogens with zero attached hydrogens (tertiary/aromatic N) is 4. The number of aromatic nitrogens is 4. The highest BCUT2D eigenvalue weighted by atomic mass is 28.3. The number of rotatable bonds is 11. The Morgan fingerprint density at radius 2 is 0.474 bits per heavy atom. The Balaban J connectivity index is 1.10. The molecule has 0 atom stereocenters. The standard InChI is InChI=1S/C72H54N4Si2/c1-77(69(57-35-31-49-27-15-39-73-61(49)45-57)65(53-19-7-3-8-20-53)66(54-21-9-4-10-22-54)70(77)58-36-32-50-28-16-40-74-62(50)46-58)43-44-78(2)71(59-37-33-51-29-17-41-75-63(51)47-59)67(55-23-11-5-12-24-55)68(56-25-13-6-14-26-56)72(78)60-38-34-52-30-18-42-76-64(52)48-60/h3-42,45-48H,43-44H2,1-2H3. The summed E-state index contributed by atoms with van der Waals surface area (Å²) >= 11 is 0. The number of benzene rings is 8. The van der Waals surface area contributed by atoms with Crippen LogP contribution in [0.2, 0.25) is 25.2 Å². The van der Waals surface area contributed by atoms with Gasteiger partial charge in [0.1, 0.15) is 16.1 Å². The van der Waals surface area contributed by atoms with E-state index >= 15 is 0 Å². The lowest BCUT2D eigenvalue weighted by Crippen LogP contribution is -2.39. The average Bonchev–Trinajstić information content (AvgIpc) is 3.65. The minimum absolute atomic E-state index is 0.961. The Morgan fingerprint density at radius 1 is 0.244 bits per heavy atom. The number of pyridine rings is 4. The number of fused-ring (bicyclic) bond motifs is 4. The van der Waals surface area contributed by atoms with Gasteiger partial charge in [-0.2, -0.15) is 0 Å². The van der Waals surface area contributed by atoms with Crippen LogP contribution in [0.15, 0.2) is 267 Å². The van der Waals surface area contributed by atoms with Crippen molar-refractivity contribution in [1.29, 1.82) is 0 Å². The van der Waals surface area contributed by atoms with Crippen LogP contribution in [0.1, 0.15) is 44.5 Å². The maximum absolute atomic E-state index is 5.03. The van der Waals surface area contributed by atoms with Gasteiger partial charge >= 0.3 is 0 Å². The van der Waals surface area contributed by atoms with E-state index < -0.39 is 16.1 Å². The summed E-state index contributed by atoms with van der Waals surface area (Å²) in [5, 5.41) is 10.3. The van der Waals surface area contributed by atoms with Crippen molar-refractivity contribution in [2.24, 2.45) is 0 Å². The van der Waals surface area contributed by atoms with Crippen LogP contribution < -0.4 is 0 Å². The van der Waals surface area contributed by atoms with Gasteiger partial charge in [0.05, 0.1) is 22.1 Å². The highest BCUT2D eigenvalue weighted by Gasteiger charge is 2.52. The first-order chi connectivity index (χ1) is 38.4. The van der Waals surface area contributed by atoms with E-state index in [1.54, 1.807) is 0 Å². The van der Waals surface area contributed by atoms with Crippen LogP contribution in [-0.4, -0.2) is 36.1 Å². The molecule has 0 amide bonds. The van der Waals surface area contributed by atoms with Crippen molar-refractivity contribution in [3.63, 3.8) is 0 Å². The molecule has 0 aliphatic carbocycles. The molecule has 12 aromatic rings. The molecule has 0 saturated carbocycles. The minimum Gasteiger partial charge on any atom is -0.256 e. The zero-order chi connectivity index (χ0) is 52.2. The third-order valence-corrected chi connectivity index (χ3v) is 26.2. The Kier molecular flexibility index (Phi) is 11.8. The lowest BCUT2D eigenvalue weighted by molar-refractivity contribution is 1.33. The van der Waals surface area contributed by atoms with Crippen LogP contribution in [0.4, 0.5) is 0 Å². The van der Waals surface area contributed by atoms with E-state index in [9.17, 15) is 0 Å². The molecule has 2 aliphatic rings. The molecule has 0 unspecified atom stereocenters. The van der Waals surface area contributed by atoms with Gasteiger partial charge in [-0.15, -0.1) is 0 Å². The SMILES string of the molecule is C[Si]1(CC[Si]2(C)C(c3ccc4cccnc4c3)=C(c3ccccc3)C(c3ccccc3)=C2c2ccc3cccnc3c2)C(c2ccc3cccnc3c2)=C(c2ccccc2)C(c2ccccc2)=C1c1ccc2cccnc2c1. The summed E-state index contributed by atoms with van der Waals surface area (Å²) in [6.45, 7) is 5.38. The first-order valence-corrected chi connectivity index (χ1v) is 32.5. The summed E-state index contributed by atoms with van der Waals surface area (Å²) in [6.07, 6.45) is 7.72. The Morgan fingerprint density at radius 3 is 0.705 bits per heavy atom. The van der Waals surface area contributed by atoms with Crippen LogP contribution in [-0.2, 0) is 0 Å². The topological polar surface area (TPSA) is 51.6 Å². The van der Waals surface area contributed by atoms with E-state index in [0.29, 0.717) is 0 Å². The highest BCUT2D eigenvalue weighted by molar-refractivity contribution is 7.17. The predicted octanol–water partition coefficient (Wildman–Crippen LogP) is 18.0. The van der Waals surface area contributed by atoms with Crippen LogP contribution in [0.3, 0.4) is 0 Å². The van der Waals surface area contributed by atoms with Crippen molar-refractivity contribution in [2.45, 2.75) is 25.2 Å². The van der Waals surface area contributed by atoms with Crippen molar-refractivity contribution in [2.75, 3.05) is 0 Å². The first-order valence-electron chi connectivity index (χ1n) is 27.1. The molecule has 0 saturated heterocycles. The molecule has 4 aromatic heterocycles.